The van der Waals surface area contributed by atoms with E-state index < -0.39 is 0 Å². The molecule has 6 heteroatoms. The number of fused-ring (bicyclic) bond motifs is 3. The highest BCUT2D eigenvalue weighted by Gasteiger charge is 2.23. The van der Waals surface area contributed by atoms with Crippen LogP contribution in [0, 0.1) is 0 Å². The van der Waals surface area contributed by atoms with Gasteiger partial charge in [-0.05, 0) is 40.5 Å². The molecule has 3 aromatic carbocycles. The van der Waals surface area contributed by atoms with Crippen molar-refractivity contribution < 1.29 is 18.9 Å². The largest absolute Gasteiger partial charge is 0.492 e. The lowest BCUT2D eigenvalue weighted by atomic mass is 10.0. The van der Waals surface area contributed by atoms with Gasteiger partial charge >= 0.3 is 0 Å². The van der Waals surface area contributed by atoms with E-state index in [0.717, 1.165) is 77.2 Å². The lowest BCUT2D eigenvalue weighted by Crippen LogP contribution is -2.38. The lowest BCUT2D eigenvalue weighted by molar-refractivity contribution is 0.0322. The zero-order valence-corrected chi connectivity index (χ0v) is 19.6. The highest BCUT2D eigenvalue weighted by molar-refractivity contribution is 6.16. The minimum atomic E-state index is 0.687. The van der Waals surface area contributed by atoms with Crippen LogP contribution in [0.5, 0.6) is 11.5 Å². The molecule has 0 saturated carbocycles. The summed E-state index contributed by atoms with van der Waals surface area (Å²) >= 11 is 0. The second-order valence-electron chi connectivity index (χ2n) is 9.15. The van der Waals surface area contributed by atoms with Gasteiger partial charge in [-0.2, -0.15) is 0 Å². The zero-order valence-electron chi connectivity index (χ0n) is 19.6. The molecule has 6 nitrogen and oxygen atoms in total. The third-order valence-electron chi connectivity index (χ3n) is 7.12. The Morgan fingerprint density at radius 1 is 0.647 bits per heavy atom. The normalized spacial score (nSPS) is 18.2. The van der Waals surface area contributed by atoms with Crippen molar-refractivity contribution in [1.82, 2.24) is 9.80 Å². The third-order valence-corrected chi connectivity index (χ3v) is 7.12. The Hall–Kier alpha value is -2.64. The molecular weight excluding hydrogens is 428 g/mol. The summed E-state index contributed by atoms with van der Waals surface area (Å²) in [7, 11) is 0. The molecule has 2 aliphatic heterocycles. The smallest absolute Gasteiger partial charge is 0.127 e. The number of benzene rings is 3. The van der Waals surface area contributed by atoms with Crippen molar-refractivity contribution in [2.75, 3.05) is 78.9 Å². The molecule has 3 aliphatic rings. The fraction of sp³-hybridized carbons (Fsp3) is 0.429. The Labute approximate surface area is 201 Å². The zero-order chi connectivity index (χ0) is 22.7. The van der Waals surface area contributed by atoms with Gasteiger partial charge in [-0.25, -0.2) is 0 Å². The number of hydrogen-bond acceptors (Lipinski definition) is 6. The Kier molecular flexibility index (Phi) is 6.38. The number of hydrogen-bond donors (Lipinski definition) is 0. The minimum Gasteiger partial charge on any atom is -0.492 e. The average Bonchev–Trinajstić information content (AvgIpc) is 3.21. The molecule has 0 amide bonds. The highest BCUT2D eigenvalue weighted by Crippen LogP contribution is 2.50. The monoisotopic (exact) mass is 460 g/mol. The summed E-state index contributed by atoms with van der Waals surface area (Å²) in [5.74, 6) is 1.89. The van der Waals surface area contributed by atoms with Crippen LogP contribution in [0.1, 0.15) is 0 Å². The Morgan fingerprint density at radius 3 is 2.03 bits per heavy atom. The number of ether oxygens (including phenoxy) is 4. The number of nitrogens with zero attached hydrogens (tertiary/aromatic N) is 2. The maximum Gasteiger partial charge on any atom is 0.127 e. The molecule has 0 atom stereocenters. The summed E-state index contributed by atoms with van der Waals surface area (Å²) in [5, 5.41) is 2.47. The summed E-state index contributed by atoms with van der Waals surface area (Å²) in [6, 6.07) is 17.4. The molecule has 0 spiro atoms. The topological polar surface area (TPSA) is 43.4 Å². The van der Waals surface area contributed by atoms with E-state index in [1.54, 1.807) is 0 Å². The molecule has 0 bridgehead atoms. The summed E-state index contributed by atoms with van der Waals surface area (Å²) < 4.78 is 23.3. The van der Waals surface area contributed by atoms with Crippen molar-refractivity contribution in [3.63, 3.8) is 0 Å². The fourth-order valence-corrected chi connectivity index (χ4v) is 5.25. The fourth-order valence-electron chi connectivity index (χ4n) is 5.25. The first-order chi connectivity index (χ1) is 16.9. The van der Waals surface area contributed by atoms with Crippen LogP contribution in [0.2, 0.25) is 0 Å². The first-order valence-electron chi connectivity index (χ1n) is 12.4. The minimum absolute atomic E-state index is 0.687. The molecular formula is C28H32N2O4. The average molecular weight is 461 g/mol. The van der Waals surface area contributed by atoms with E-state index in [2.05, 4.69) is 58.3 Å². The van der Waals surface area contributed by atoms with Crippen LogP contribution in [-0.2, 0) is 9.47 Å². The van der Waals surface area contributed by atoms with E-state index >= 15 is 0 Å². The molecule has 2 saturated heterocycles. The summed E-state index contributed by atoms with van der Waals surface area (Å²) in [5.41, 5.74) is 5.06. The van der Waals surface area contributed by atoms with Crippen molar-refractivity contribution in [2.24, 2.45) is 0 Å². The summed E-state index contributed by atoms with van der Waals surface area (Å²) in [6.07, 6.45) is 0. The number of morpholine rings is 2. The first kappa shape index (κ1) is 21.9. The van der Waals surface area contributed by atoms with E-state index in [1.807, 2.05) is 0 Å². The van der Waals surface area contributed by atoms with E-state index in [1.165, 1.54) is 33.0 Å². The van der Waals surface area contributed by atoms with Crippen LogP contribution in [0.25, 0.3) is 33.0 Å². The molecule has 34 heavy (non-hydrogen) atoms. The van der Waals surface area contributed by atoms with Crippen LogP contribution in [-0.4, -0.2) is 88.7 Å². The Bertz CT molecular complexity index is 1150. The van der Waals surface area contributed by atoms with E-state index in [0.29, 0.717) is 13.2 Å². The van der Waals surface area contributed by atoms with Crippen molar-refractivity contribution in [2.45, 2.75) is 0 Å². The molecule has 2 heterocycles. The molecule has 0 unspecified atom stereocenters. The molecule has 1 aliphatic carbocycles. The first-order valence-corrected chi connectivity index (χ1v) is 12.4. The second-order valence-corrected chi connectivity index (χ2v) is 9.15. The van der Waals surface area contributed by atoms with E-state index in [4.69, 9.17) is 18.9 Å². The third kappa shape index (κ3) is 4.39. The second kappa shape index (κ2) is 9.92. The summed E-state index contributed by atoms with van der Waals surface area (Å²) in [4.78, 5) is 4.80. The summed E-state index contributed by atoms with van der Waals surface area (Å²) in [6.45, 7) is 10.5. The van der Waals surface area contributed by atoms with Crippen molar-refractivity contribution in [3.05, 3.63) is 48.5 Å². The molecule has 6 rings (SSSR count). The lowest BCUT2D eigenvalue weighted by Gasteiger charge is -2.26. The van der Waals surface area contributed by atoms with Gasteiger partial charge in [0.25, 0.3) is 0 Å². The van der Waals surface area contributed by atoms with Gasteiger partial charge in [0, 0.05) is 50.0 Å². The predicted octanol–water partition coefficient (Wildman–Crippen LogP) is 3.91. The van der Waals surface area contributed by atoms with Crippen molar-refractivity contribution >= 4 is 10.8 Å². The van der Waals surface area contributed by atoms with Gasteiger partial charge in [-0.1, -0.05) is 30.3 Å². The van der Waals surface area contributed by atoms with Crippen molar-refractivity contribution in [1.29, 1.82) is 0 Å². The van der Waals surface area contributed by atoms with Crippen LogP contribution in [0.4, 0.5) is 0 Å². The van der Waals surface area contributed by atoms with Crippen LogP contribution in [0.15, 0.2) is 48.5 Å². The molecule has 0 N–H and O–H groups in total. The molecule has 2 fully saturated rings. The maximum absolute atomic E-state index is 6.27. The molecule has 178 valence electrons. The highest BCUT2D eigenvalue weighted by atomic mass is 16.5. The molecule has 0 aromatic heterocycles. The standard InChI is InChI=1S/C28H32N2O4/c1-2-23-22-5-4-21(33-18-12-29-8-14-31-15-9-29)20-26(22)24-6-7-27(25(3-1)28(23)24)34-19-13-30-10-16-32-17-11-30/h1-7,20H,8-19H2. The van der Waals surface area contributed by atoms with Crippen molar-refractivity contribution in [3.8, 4) is 33.8 Å². The van der Waals surface area contributed by atoms with Crippen LogP contribution < -0.4 is 9.47 Å². The van der Waals surface area contributed by atoms with Gasteiger partial charge in [-0.15, -0.1) is 0 Å². The quantitative estimate of drug-likeness (QED) is 0.397. The van der Waals surface area contributed by atoms with Gasteiger partial charge in [0.1, 0.15) is 24.7 Å². The predicted molar refractivity (Wildman–Crippen MR) is 134 cm³/mol. The van der Waals surface area contributed by atoms with E-state index in [-0.39, 0.29) is 0 Å². The van der Waals surface area contributed by atoms with Gasteiger partial charge in [0.05, 0.1) is 26.4 Å². The van der Waals surface area contributed by atoms with Crippen LogP contribution >= 0.6 is 0 Å². The van der Waals surface area contributed by atoms with E-state index in [9.17, 15) is 0 Å². The molecule has 3 aromatic rings. The molecule has 0 radical (unpaired) electrons. The van der Waals surface area contributed by atoms with Gasteiger partial charge in [-0.3, -0.25) is 9.80 Å². The van der Waals surface area contributed by atoms with Crippen LogP contribution in [0.3, 0.4) is 0 Å². The SMILES string of the molecule is c1cc2c3c(ccc(OCCN4CCOCC4)c3c1)-c1cc(OCCN3CCOCC3)ccc1-2. The number of rotatable bonds is 8. The van der Waals surface area contributed by atoms with Gasteiger partial charge in [0.2, 0.25) is 0 Å². The Morgan fingerprint density at radius 2 is 1.29 bits per heavy atom. The Balaban J connectivity index is 1.18. The maximum atomic E-state index is 6.27. The van der Waals surface area contributed by atoms with Gasteiger partial charge in [0.15, 0.2) is 0 Å². The van der Waals surface area contributed by atoms with Gasteiger partial charge < -0.3 is 18.9 Å².